The summed E-state index contributed by atoms with van der Waals surface area (Å²) >= 11 is 7.48. The van der Waals surface area contributed by atoms with Crippen molar-refractivity contribution >= 4 is 39.7 Å². The number of hydrogen-bond donors (Lipinski definition) is 0. The van der Waals surface area contributed by atoms with Crippen LogP contribution in [0.2, 0.25) is 5.02 Å². The SMILES string of the molecule is CN(c1nc(-c2ccc(Cl)cc2)c(C#N)s1)C1CCc2ccc(C3=CCN(C(=O)OC(C)(C)C)CC3)cc21. The smallest absolute Gasteiger partial charge is 0.410 e. The fourth-order valence-electron chi connectivity index (χ4n) is 5.08. The first kappa shape index (κ1) is 26.3. The number of fused-ring (bicyclic) bond motifs is 1. The average Bonchev–Trinajstić information content (AvgIpc) is 3.52. The van der Waals surface area contributed by atoms with E-state index < -0.39 is 5.60 Å². The van der Waals surface area contributed by atoms with Crippen LogP contribution >= 0.6 is 22.9 Å². The van der Waals surface area contributed by atoms with Crippen molar-refractivity contribution in [2.45, 2.75) is 51.7 Å². The van der Waals surface area contributed by atoms with E-state index >= 15 is 0 Å². The van der Waals surface area contributed by atoms with Crippen molar-refractivity contribution in [1.29, 1.82) is 5.26 Å². The quantitative estimate of drug-likeness (QED) is 0.339. The van der Waals surface area contributed by atoms with Gasteiger partial charge in [-0.1, -0.05) is 53.3 Å². The van der Waals surface area contributed by atoms with Gasteiger partial charge in [0.05, 0.1) is 6.04 Å². The number of anilines is 1. The second kappa shape index (κ2) is 10.4. The normalized spacial score (nSPS) is 17.0. The zero-order valence-electron chi connectivity index (χ0n) is 22.1. The Balaban J connectivity index is 1.36. The maximum absolute atomic E-state index is 12.5. The van der Waals surface area contributed by atoms with Crippen molar-refractivity contribution < 1.29 is 9.53 Å². The summed E-state index contributed by atoms with van der Waals surface area (Å²) in [5.74, 6) is 0. The van der Waals surface area contributed by atoms with Gasteiger partial charge in [-0.05, 0) is 80.5 Å². The molecule has 38 heavy (non-hydrogen) atoms. The van der Waals surface area contributed by atoms with Gasteiger partial charge in [-0.15, -0.1) is 0 Å². The summed E-state index contributed by atoms with van der Waals surface area (Å²) in [5, 5.41) is 11.3. The van der Waals surface area contributed by atoms with E-state index in [9.17, 15) is 10.1 Å². The molecule has 1 unspecified atom stereocenters. The molecule has 5 rings (SSSR count). The molecule has 1 atom stereocenters. The summed E-state index contributed by atoms with van der Waals surface area (Å²) in [6.07, 6.45) is 4.68. The first-order chi connectivity index (χ1) is 18.1. The number of aromatic nitrogens is 1. The van der Waals surface area contributed by atoms with Crippen molar-refractivity contribution in [2.24, 2.45) is 0 Å². The lowest BCUT2D eigenvalue weighted by Crippen LogP contribution is -2.39. The van der Waals surface area contributed by atoms with Crippen molar-refractivity contribution in [3.05, 3.63) is 75.1 Å². The molecule has 0 saturated carbocycles. The molecule has 1 amide bonds. The number of nitrogens with zero attached hydrogens (tertiary/aromatic N) is 4. The lowest BCUT2D eigenvalue weighted by molar-refractivity contribution is 0.0270. The minimum Gasteiger partial charge on any atom is -0.444 e. The molecule has 2 aliphatic rings. The fraction of sp³-hybridized carbons (Fsp3) is 0.367. The molecule has 0 radical (unpaired) electrons. The summed E-state index contributed by atoms with van der Waals surface area (Å²) in [7, 11) is 2.07. The van der Waals surface area contributed by atoms with Gasteiger partial charge < -0.3 is 14.5 Å². The van der Waals surface area contributed by atoms with Crippen molar-refractivity contribution in [3.8, 4) is 17.3 Å². The number of hydrogen-bond acceptors (Lipinski definition) is 6. The first-order valence-electron chi connectivity index (χ1n) is 12.8. The molecule has 2 aromatic carbocycles. The van der Waals surface area contributed by atoms with E-state index in [-0.39, 0.29) is 12.1 Å². The van der Waals surface area contributed by atoms with Gasteiger partial charge in [0, 0.05) is 30.7 Å². The van der Waals surface area contributed by atoms with Crippen molar-refractivity contribution in [1.82, 2.24) is 9.88 Å². The number of rotatable bonds is 4. The fourth-order valence-corrected chi connectivity index (χ4v) is 6.10. The molecule has 0 saturated heterocycles. The van der Waals surface area contributed by atoms with Crippen LogP contribution in [0.25, 0.3) is 16.8 Å². The number of aryl methyl sites for hydroxylation is 1. The third kappa shape index (κ3) is 5.43. The van der Waals surface area contributed by atoms with Crippen LogP contribution in [0.15, 0.2) is 48.5 Å². The summed E-state index contributed by atoms with van der Waals surface area (Å²) < 4.78 is 5.53. The number of thiazole rings is 1. The van der Waals surface area contributed by atoms with E-state index in [1.165, 1.54) is 33.6 Å². The minimum absolute atomic E-state index is 0.183. The maximum Gasteiger partial charge on any atom is 0.410 e. The standard InChI is InChI=1S/C30H31ClN4O2S/c1-30(2,3)37-29(36)35-15-13-19(14-16-35)22-6-5-20-9-12-25(24(20)17-22)34(4)28-33-27(26(18-32)38-28)21-7-10-23(31)11-8-21/h5-8,10-11,13,17,25H,9,12,14-16H2,1-4H3. The maximum atomic E-state index is 12.5. The molecule has 3 aromatic rings. The van der Waals surface area contributed by atoms with E-state index in [2.05, 4.69) is 42.3 Å². The van der Waals surface area contributed by atoms with Crippen molar-refractivity contribution in [2.75, 3.05) is 25.0 Å². The van der Waals surface area contributed by atoms with Gasteiger partial charge in [0.2, 0.25) is 0 Å². The predicted molar refractivity (Wildman–Crippen MR) is 154 cm³/mol. The molecule has 0 bridgehead atoms. The first-order valence-corrected chi connectivity index (χ1v) is 14.0. The predicted octanol–water partition coefficient (Wildman–Crippen LogP) is 7.48. The lowest BCUT2D eigenvalue weighted by atomic mass is 9.95. The highest BCUT2D eigenvalue weighted by molar-refractivity contribution is 7.16. The van der Waals surface area contributed by atoms with Crippen molar-refractivity contribution in [3.63, 3.8) is 0 Å². The number of ether oxygens (including phenoxy) is 1. The van der Waals surface area contributed by atoms with Gasteiger partial charge in [0.15, 0.2) is 5.13 Å². The topological polar surface area (TPSA) is 69.5 Å². The summed E-state index contributed by atoms with van der Waals surface area (Å²) in [6, 6.07) is 16.7. The second-order valence-electron chi connectivity index (χ2n) is 10.8. The van der Waals surface area contributed by atoms with Gasteiger partial charge in [-0.3, -0.25) is 0 Å². The lowest BCUT2D eigenvalue weighted by Gasteiger charge is -2.30. The molecule has 0 fully saturated rings. The number of nitriles is 1. The van der Waals surface area contributed by atoms with Crippen LogP contribution in [0.3, 0.4) is 0 Å². The highest BCUT2D eigenvalue weighted by Gasteiger charge is 2.30. The Bertz CT molecular complexity index is 1430. The van der Waals surface area contributed by atoms with Gasteiger partial charge in [-0.25, -0.2) is 9.78 Å². The molecule has 2 heterocycles. The molecule has 8 heteroatoms. The third-order valence-electron chi connectivity index (χ3n) is 7.03. The Morgan fingerprint density at radius 3 is 2.58 bits per heavy atom. The molecule has 196 valence electrons. The van der Waals surface area contributed by atoms with E-state index in [0.717, 1.165) is 30.0 Å². The van der Waals surface area contributed by atoms with Crippen LogP contribution in [-0.2, 0) is 11.2 Å². The molecule has 1 aromatic heterocycles. The Morgan fingerprint density at radius 2 is 1.92 bits per heavy atom. The zero-order valence-corrected chi connectivity index (χ0v) is 23.7. The Morgan fingerprint density at radius 1 is 1.18 bits per heavy atom. The van der Waals surface area contributed by atoms with Crippen LogP contribution in [-0.4, -0.2) is 41.7 Å². The van der Waals surface area contributed by atoms with E-state index in [1.807, 2.05) is 45.0 Å². The minimum atomic E-state index is -0.497. The summed E-state index contributed by atoms with van der Waals surface area (Å²) in [4.78, 5) is 21.9. The number of amides is 1. The van der Waals surface area contributed by atoms with E-state index in [1.54, 1.807) is 4.90 Å². The monoisotopic (exact) mass is 546 g/mol. The van der Waals surface area contributed by atoms with Crippen LogP contribution in [0.5, 0.6) is 0 Å². The van der Waals surface area contributed by atoms with Gasteiger partial charge in [0.1, 0.15) is 22.2 Å². The zero-order chi connectivity index (χ0) is 27.0. The van der Waals surface area contributed by atoms with Gasteiger partial charge in [0.25, 0.3) is 0 Å². The number of benzene rings is 2. The molecule has 0 spiro atoms. The Labute approximate surface area is 233 Å². The van der Waals surface area contributed by atoms with Crippen LogP contribution < -0.4 is 4.90 Å². The van der Waals surface area contributed by atoms with Gasteiger partial charge in [-0.2, -0.15) is 5.26 Å². The van der Waals surface area contributed by atoms with Crippen LogP contribution in [0.1, 0.15) is 61.2 Å². The van der Waals surface area contributed by atoms with Crippen LogP contribution in [0.4, 0.5) is 9.93 Å². The average molecular weight is 547 g/mol. The third-order valence-corrected chi connectivity index (χ3v) is 8.33. The summed E-state index contributed by atoms with van der Waals surface area (Å²) in [5.41, 5.74) is 6.21. The molecule has 0 N–H and O–H groups in total. The highest BCUT2D eigenvalue weighted by atomic mass is 35.5. The Hall–Kier alpha value is -3.34. The number of carbonyl (C=O) groups is 1. The molecule has 1 aliphatic carbocycles. The summed E-state index contributed by atoms with van der Waals surface area (Å²) in [6.45, 7) is 6.86. The largest absolute Gasteiger partial charge is 0.444 e. The molecular formula is C30H31ClN4O2S. The second-order valence-corrected chi connectivity index (χ2v) is 12.2. The molecule has 6 nitrogen and oxygen atoms in total. The number of carbonyl (C=O) groups excluding carboxylic acids is 1. The van der Waals surface area contributed by atoms with Crippen LogP contribution in [0, 0.1) is 11.3 Å². The molecule has 1 aliphatic heterocycles. The Kier molecular flexibility index (Phi) is 7.21. The van der Waals surface area contributed by atoms with E-state index in [4.69, 9.17) is 21.3 Å². The van der Waals surface area contributed by atoms with Gasteiger partial charge >= 0.3 is 6.09 Å². The number of halogens is 1. The van der Waals surface area contributed by atoms with E-state index in [0.29, 0.717) is 28.7 Å². The highest BCUT2D eigenvalue weighted by Crippen LogP contribution is 2.42. The molecular weight excluding hydrogens is 516 g/mol.